The number of fused-ring (bicyclic) bond motifs is 2. The van der Waals surface area contributed by atoms with E-state index in [0.717, 1.165) is 12.8 Å². The van der Waals surface area contributed by atoms with Crippen LogP contribution < -0.4 is 0 Å². The monoisotopic (exact) mass is 371 g/mol. The molecule has 2 atom stereocenters. The molecule has 2 heterocycles. The molecule has 1 fully saturated rings. The van der Waals surface area contributed by atoms with Gasteiger partial charge in [-0.05, 0) is 33.6 Å². The molecule has 0 radical (unpaired) electrons. The number of amides is 1. The average Bonchev–Trinajstić information content (AvgIpc) is 2.54. The zero-order chi connectivity index (χ0) is 19.0. The van der Waals surface area contributed by atoms with Crippen molar-refractivity contribution in [3.63, 3.8) is 0 Å². The number of morpholine rings is 1. The van der Waals surface area contributed by atoms with Gasteiger partial charge in [0.05, 0.1) is 58.3 Å². The van der Waals surface area contributed by atoms with Crippen LogP contribution in [0.1, 0.15) is 33.6 Å². The van der Waals surface area contributed by atoms with E-state index in [1.54, 1.807) is 7.11 Å². The number of nitrogens with zero attached hydrogens (tertiary/aromatic N) is 1. The maximum Gasteiger partial charge on any atom is 0.411 e. The lowest BCUT2D eigenvalue weighted by atomic mass is 9.93. The third-order valence-electron chi connectivity index (χ3n) is 4.25. The molecular formula is C19H33NO6. The minimum Gasteiger partial charge on any atom is -0.444 e. The first kappa shape index (κ1) is 21.2. The summed E-state index contributed by atoms with van der Waals surface area (Å²) in [6, 6.07) is -0.00861. The normalized spacial score (nSPS) is 22.9. The average molecular weight is 371 g/mol. The lowest BCUT2D eigenvalue weighted by Gasteiger charge is -2.44. The third-order valence-corrected chi connectivity index (χ3v) is 4.25. The fourth-order valence-electron chi connectivity index (χ4n) is 3.14. The van der Waals surface area contributed by atoms with E-state index >= 15 is 0 Å². The maximum atomic E-state index is 12.5. The number of hydrogen-bond acceptors (Lipinski definition) is 6. The van der Waals surface area contributed by atoms with E-state index in [1.807, 2.05) is 25.7 Å². The van der Waals surface area contributed by atoms with Crippen molar-refractivity contribution in [1.82, 2.24) is 4.90 Å². The lowest BCUT2D eigenvalue weighted by molar-refractivity contribution is -0.0541. The molecule has 0 aliphatic carbocycles. The molecule has 2 unspecified atom stereocenters. The highest BCUT2D eigenvalue weighted by atomic mass is 16.6. The molecule has 26 heavy (non-hydrogen) atoms. The molecule has 150 valence electrons. The Morgan fingerprint density at radius 1 is 1.15 bits per heavy atom. The highest BCUT2D eigenvalue weighted by Crippen LogP contribution is 2.30. The van der Waals surface area contributed by atoms with Crippen LogP contribution >= 0.6 is 0 Å². The van der Waals surface area contributed by atoms with Gasteiger partial charge in [-0.1, -0.05) is 11.6 Å². The molecule has 0 aromatic carbocycles. The van der Waals surface area contributed by atoms with Crippen molar-refractivity contribution in [2.24, 2.45) is 0 Å². The molecule has 0 aromatic heterocycles. The summed E-state index contributed by atoms with van der Waals surface area (Å²) in [4.78, 5) is 14.3. The molecule has 2 aliphatic rings. The Kier molecular flexibility index (Phi) is 8.34. The predicted octanol–water partition coefficient (Wildman–Crippen LogP) is 2.39. The standard InChI is InChI=1S/C19H33NO6/c1-19(2,3)26-18(21)20-16-11-15(12-17(20)14-25-13-16)5-6-23-9-10-24-8-7-22-4/h11,16-17H,5-10,12-14H2,1-4H3. The molecule has 7 heteroatoms. The highest BCUT2D eigenvalue weighted by molar-refractivity contribution is 5.70. The first-order valence-electron chi connectivity index (χ1n) is 9.34. The minimum atomic E-state index is -0.491. The van der Waals surface area contributed by atoms with Crippen molar-refractivity contribution >= 4 is 6.09 Å². The Morgan fingerprint density at radius 3 is 2.50 bits per heavy atom. The number of carbonyl (C=O) groups excluding carboxylic acids is 1. The molecule has 0 aromatic rings. The van der Waals surface area contributed by atoms with Gasteiger partial charge in [0, 0.05) is 7.11 Å². The van der Waals surface area contributed by atoms with Crippen LogP contribution in [0.3, 0.4) is 0 Å². The van der Waals surface area contributed by atoms with E-state index in [0.29, 0.717) is 46.2 Å². The predicted molar refractivity (Wildman–Crippen MR) is 97.3 cm³/mol. The van der Waals surface area contributed by atoms with Gasteiger partial charge in [0.15, 0.2) is 0 Å². The molecule has 1 saturated heterocycles. The van der Waals surface area contributed by atoms with Gasteiger partial charge >= 0.3 is 6.09 Å². The summed E-state index contributed by atoms with van der Waals surface area (Å²) >= 11 is 0. The van der Waals surface area contributed by atoms with Gasteiger partial charge in [0.2, 0.25) is 0 Å². The lowest BCUT2D eigenvalue weighted by Crippen LogP contribution is -2.57. The number of ether oxygens (including phenoxy) is 5. The maximum absolute atomic E-state index is 12.5. The third kappa shape index (κ3) is 6.87. The van der Waals surface area contributed by atoms with Crippen molar-refractivity contribution in [2.75, 3.05) is 53.4 Å². The van der Waals surface area contributed by atoms with Crippen LogP contribution in [0.2, 0.25) is 0 Å². The molecule has 0 saturated carbocycles. The SMILES string of the molecule is COCCOCCOCCC1=CC2COCC(C1)N2C(=O)OC(C)(C)C. The van der Waals surface area contributed by atoms with Gasteiger partial charge in [-0.2, -0.15) is 0 Å². The summed E-state index contributed by atoms with van der Waals surface area (Å²) in [6.07, 6.45) is 3.56. The van der Waals surface area contributed by atoms with Crippen molar-refractivity contribution in [2.45, 2.75) is 51.3 Å². The van der Waals surface area contributed by atoms with E-state index in [1.165, 1.54) is 5.57 Å². The van der Waals surface area contributed by atoms with Gasteiger partial charge in [0.25, 0.3) is 0 Å². The zero-order valence-corrected chi connectivity index (χ0v) is 16.5. The minimum absolute atomic E-state index is 0.0426. The van der Waals surface area contributed by atoms with Crippen LogP contribution in [0, 0.1) is 0 Å². The largest absolute Gasteiger partial charge is 0.444 e. The van der Waals surface area contributed by atoms with Crippen molar-refractivity contribution < 1.29 is 28.5 Å². The molecule has 2 bridgehead atoms. The Bertz CT molecular complexity index is 473. The summed E-state index contributed by atoms with van der Waals surface area (Å²) in [5.41, 5.74) is 0.832. The van der Waals surface area contributed by atoms with Crippen LogP contribution in [-0.2, 0) is 23.7 Å². The second kappa shape index (κ2) is 10.3. The van der Waals surface area contributed by atoms with E-state index in [4.69, 9.17) is 23.7 Å². The number of hydrogen-bond donors (Lipinski definition) is 0. The van der Waals surface area contributed by atoms with E-state index in [2.05, 4.69) is 6.08 Å². The second-order valence-corrected chi connectivity index (χ2v) is 7.64. The van der Waals surface area contributed by atoms with Crippen LogP contribution in [0.4, 0.5) is 4.79 Å². The summed E-state index contributed by atoms with van der Waals surface area (Å²) in [6.45, 7) is 9.75. The van der Waals surface area contributed by atoms with Gasteiger partial charge in [0.1, 0.15) is 5.60 Å². The summed E-state index contributed by atoms with van der Waals surface area (Å²) in [7, 11) is 1.65. The van der Waals surface area contributed by atoms with Crippen molar-refractivity contribution in [3.8, 4) is 0 Å². The first-order chi connectivity index (χ1) is 12.4. The highest BCUT2D eigenvalue weighted by Gasteiger charge is 2.39. The molecule has 1 amide bonds. The fourth-order valence-corrected chi connectivity index (χ4v) is 3.14. The molecule has 0 N–H and O–H groups in total. The van der Waals surface area contributed by atoms with Crippen LogP contribution in [0.15, 0.2) is 11.6 Å². The Morgan fingerprint density at radius 2 is 1.85 bits per heavy atom. The molecular weight excluding hydrogens is 338 g/mol. The first-order valence-corrected chi connectivity index (χ1v) is 9.34. The Balaban J connectivity index is 1.76. The van der Waals surface area contributed by atoms with Gasteiger partial charge in [-0.25, -0.2) is 4.79 Å². The quantitative estimate of drug-likeness (QED) is 0.458. The van der Waals surface area contributed by atoms with Gasteiger partial charge < -0.3 is 23.7 Å². The number of carbonyl (C=O) groups is 1. The number of methoxy groups -OCH3 is 1. The second-order valence-electron chi connectivity index (χ2n) is 7.64. The van der Waals surface area contributed by atoms with E-state index in [9.17, 15) is 4.79 Å². The van der Waals surface area contributed by atoms with Crippen LogP contribution in [0.5, 0.6) is 0 Å². The molecule has 2 aliphatic heterocycles. The van der Waals surface area contributed by atoms with Gasteiger partial charge in [-0.15, -0.1) is 0 Å². The van der Waals surface area contributed by atoms with E-state index in [-0.39, 0.29) is 18.2 Å². The molecule has 2 rings (SSSR count). The Labute approximate surface area is 156 Å². The van der Waals surface area contributed by atoms with Crippen molar-refractivity contribution in [3.05, 3.63) is 11.6 Å². The summed E-state index contributed by atoms with van der Waals surface area (Å²) in [5.74, 6) is 0. The number of rotatable bonds is 9. The summed E-state index contributed by atoms with van der Waals surface area (Å²) in [5, 5.41) is 0. The molecule has 0 spiro atoms. The Hall–Kier alpha value is -1.15. The van der Waals surface area contributed by atoms with Gasteiger partial charge in [-0.3, -0.25) is 4.90 Å². The zero-order valence-electron chi connectivity index (χ0n) is 16.5. The molecule has 7 nitrogen and oxygen atoms in total. The van der Waals surface area contributed by atoms with Crippen LogP contribution in [0.25, 0.3) is 0 Å². The van der Waals surface area contributed by atoms with Crippen LogP contribution in [-0.4, -0.2) is 82.0 Å². The van der Waals surface area contributed by atoms with E-state index < -0.39 is 5.60 Å². The topological polar surface area (TPSA) is 66.5 Å². The smallest absolute Gasteiger partial charge is 0.411 e. The van der Waals surface area contributed by atoms with Crippen molar-refractivity contribution in [1.29, 1.82) is 0 Å². The summed E-state index contributed by atoms with van der Waals surface area (Å²) < 4.78 is 27.1. The fraction of sp³-hybridized carbons (Fsp3) is 0.842.